The second-order valence-corrected chi connectivity index (χ2v) is 5.40. The van der Waals surface area contributed by atoms with Crippen LogP contribution in [0.25, 0.3) is 0 Å². The summed E-state index contributed by atoms with van der Waals surface area (Å²) in [6.45, 7) is 5.19. The normalized spacial score (nSPS) is 23.9. The van der Waals surface area contributed by atoms with Gasteiger partial charge in [-0.3, -0.25) is 4.79 Å². The van der Waals surface area contributed by atoms with Crippen molar-refractivity contribution in [2.75, 3.05) is 13.7 Å². The largest absolute Gasteiger partial charge is 0.469 e. The molecular weight excluding hydrogens is 241 g/mol. The van der Waals surface area contributed by atoms with Crippen molar-refractivity contribution >= 4 is 12.1 Å². The number of likely N-dealkylation sites (tertiary alicyclic amines) is 1. The van der Waals surface area contributed by atoms with Crippen molar-refractivity contribution < 1.29 is 23.5 Å². The van der Waals surface area contributed by atoms with Crippen LogP contribution in [0.2, 0.25) is 0 Å². The van der Waals surface area contributed by atoms with Gasteiger partial charge in [-0.2, -0.15) is 0 Å². The summed E-state index contributed by atoms with van der Waals surface area (Å²) in [5, 5.41) is 0. The van der Waals surface area contributed by atoms with Gasteiger partial charge in [-0.15, -0.1) is 0 Å². The van der Waals surface area contributed by atoms with E-state index in [9.17, 15) is 14.0 Å². The van der Waals surface area contributed by atoms with Gasteiger partial charge in [0.25, 0.3) is 0 Å². The Kier molecular flexibility index (Phi) is 4.53. The lowest BCUT2D eigenvalue weighted by Crippen LogP contribution is -2.41. The van der Waals surface area contributed by atoms with Crippen LogP contribution in [-0.2, 0) is 14.3 Å². The van der Waals surface area contributed by atoms with Gasteiger partial charge in [-0.25, -0.2) is 9.18 Å². The molecule has 0 aromatic carbocycles. The third-order valence-electron chi connectivity index (χ3n) is 2.62. The summed E-state index contributed by atoms with van der Waals surface area (Å²) in [5.74, 6) is -0.456. The zero-order valence-corrected chi connectivity index (χ0v) is 11.2. The number of hydrogen-bond donors (Lipinski definition) is 0. The van der Waals surface area contributed by atoms with E-state index in [4.69, 9.17) is 4.74 Å². The van der Waals surface area contributed by atoms with Gasteiger partial charge in [0.1, 0.15) is 11.8 Å². The van der Waals surface area contributed by atoms with Crippen LogP contribution >= 0.6 is 0 Å². The van der Waals surface area contributed by atoms with Gasteiger partial charge in [-0.05, 0) is 20.8 Å². The summed E-state index contributed by atoms with van der Waals surface area (Å²) in [7, 11) is 1.27. The molecule has 0 aromatic rings. The Labute approximate surface area is 106 Å². The zero-order chi connectivity index (χ0) is 13.9. The topological polar surface area (TPSA) is 55.8 Å². The fourth-order valence-electron chi connectivity index (χ4n) is 1.87. The van der Waals surface area contributed by atoms with E-state index in [1.807, 2.05) is 0 Å². The van der Waals surface area contributed by atoms with Crippen LogP contribution in [0.3, 0.4) is 0 Å². The molecule has 1 aliphatic heterocycles. The van der Waals surface area contributed by atoms with Crippen LogP contribution in [0.15, 0.2) is 0 Å². The van der Waals surface area contributed by atoms with Crippen LogP contribution in [0.5, 0.6) is 0 Å². The van der Waals surface area contributed by atoms with Crippen LogP contribution in [0.1, 0.15) is 33.6 Å². The van der Waals surface area contributed by atoms with Gasteiger partial charge < -0.3 is 14.4 Å². The summed E-state index contributed by atoms with van der Waals surface area (Å²) in [6.07, 6.45) is -1.56. The van der Waals surface area contributed by atoms with Crippen LogP contribution in [0, 0.1) is 0 Å². The Bertz CT molecular complexity index is 327. The molecule has 0 aromatic heterocycles. The van der Waals surface area contributed by atoms with Crippen LogP contribution < -0.4 is 0 Å². The van der Waals surface area contributed by atoms with Gasteiger partial charge in [0.2, 0.25) is 0 Å². The minimum atomic E-state index is -1.12. The molecule has 0 saturated carbocycles. The smallest absolute Gasteiger partial charge is 0.410 e. The molecule has 0 bridgehead atoms. The minimum Gasteiger partial charge on any atom is -0.469 e. The van der Waals surface area contributed by atoms with Crippen molar-refractivity contribution in [2.24, 2.45) is 0 Å². The molecule has 0 spiro atoms. The second kappa shape index (κ2) is 5.54. The number of halogens is 1. The van der Waals surface area contributed by atoms with E-state index in [-0.39, 0.29) is 19.4 Å². The average molecular weight is 261 g/mol. The molecule has 104 valence electrons. The summed E-state index contributed by atoms with van der Waals surface area (Å²) in [4.78, 5) is 24.3. The molecule has 1 heterocycles. The highest BCUT2D eigenvalue weighted by Gasteiger charge is 2.38. The number of nitrogens with zero attached hydrogens (tertiary/aromatic N) is 1. The molecule has 18 heavy (non-hydrogen) atoms. The van der Waals surface area contributed by atoms with E-state index >= 15 is 0 Å². The molecule has 1 aliphatic rings. The number of hydrogen-bond acceptors (Lipinski definition) is 4. The van der Waals surface area contributed by atoms with Crippen molar-refractivity contribution in [1.29, 1.82) is 0 Å². The molecule has 0 N–H and O–H groups in total. The van der Waals surface area contributed by atoms with Gasteiger partial charge in [0.05, 0.1) is 20.1 Å². The highest BCUT2D eigenvalue weighted by Crippen LogP contribution is 2.25. The summed E-state index contributed by atoms with van der Waals surface area (Å²) in [5.41, 5.74) is -0.638. The lowest BCUT2D eigenvalue weighted by atomic mass is 10.1. The first-order chi connectivity index (χ1) is 8.23. The van der Waals surface area contributed by atoms with Gasteiger partial charge in [0.15, 0.2) is 0 Å². The fourth-order valence-corrected chi connectivity index (χ4v) is 1.87. The number of rotatable bonds is 2. The molecule has 5 nitrogen and oxygen atoms in total. The second-order valence-electron chi connectivity index (χ2n) is 5.40. The van der Waals surface area contributed by atoms with E-state index in [0.717, 1.165) is 0 Å². The molecule has 1 fully saturated rings. The molecular formula is C12H20FNO4. The van der Waals surface area contributed by atoms with E-state index in [1.165, 1.54) is 12.0 Å². The number of alkyl halides is 1. The van der Waals surface area contributed by atoms with Crippen molar-refractivity contribution in [3.05, 3.63) is 0 Å². The van der Waals surface area contributed by atoms with Crippen molar-refractivity contribution in [3.8, 4) is 0 Å². The Morgan fingerprint density at radius 1 is 1.39 bits per heavy atom. The van der Waals surface area contributed by atoms with Crippen LogP contribution in [-0.4, -0.2) is 48.4 Å². The number of methoxy groups -OCH3 is 1. The Morgan fingerprint density at radius 3 is 2.50 bits per heavy atom. The van der Waals surface area contributed by atoms with E-state index < -0.39 is 29.9 Å². The standard InChI is InChI=1S/C12H20FNO4/c1-12(2,3)18-11(16)14-7-8(13)5-9(14)6-10(15)17-4/h8-9H,5-7H2,1-4H3. The predicted molar refractivity (Wildman–Crippen MR) is 62.9 cm³/mol. The molecule has 1 saturated heterocycles. The Morgan fingerprint density at radius 2 is 2.00 bits per heavy atom. The molecule has 1 rings (SSSR count). The fraction of sp³-hybridized carbons (Fsp3) is 0.833. The zero-order valence-electron chi connectivity index (χ0n) is 11.2. The van der Waals surface area contributed by atoms with Gasteiger partial charge >= 0.3 is 12.1 Å². The third kappa shape index (κ3) is 4.16. The summed E-state index contributed by atoms with van der Waals surface area (Å²) >= 11 is 0. The van der Waals surface area contributed by atoms with Gasteiger partial charge in [-0.1, -0.05) is 0 Å². The Balaban J connectivity index is 2.66. The number of carbonyl (C=O) groups excluding carboxylic acids is 2. The highest BCUT2D eigenvalue weighted by molar-refractivity contribution is 5.73. The minimum absolute atomic E-state index is 0.00381. The summed E-state index contributed by atoms with van der Waals surface area (Å²) in [6, 6.07) is -0.484. The molecule has 0 radical (unpaired) electrons. The van der Waals surface area contributed by atoms with Gasteiger partial charge in [0, 0.05) is 12.5 Å². The monoisotopic (exact) mass is 261 g/mol. The first-order valence-corrected chi connectivity index (χ1v) is 5.93. The first kappa shape index (κ1) is 14.7. The van der Waals surface area contributed by atoms with E-state index in [0.29, 0.717) is 0 Å². The lowest BCUT2D eigenvalue weighted by Gasteiger charge is -2.27. The van der Waals surface area contributed by atoms with E-state index in [2.05, 4.69) is 4.74 Å². The van der Waals surface area contributed by atoms with Crippen molar-refractivity contribution in [2.45, 2.75) is 51.4 Å². The number of carbonyl (C=O) groups is 2. The number of ether oxygens (including phenoxy) is 2. The maximum Gasteiger partial charge on any atom is 0.410 e. The number of esters is 1. The maximum absolute atomic E-state index is 13.4. The van der Waals surface area contributed by atoms with Crippen molar-refractivity contribution in [3.63, 3.8) is 0 Å². The summed E-state index contributed by atoms with van der Waals surface area (Å²) < 4.78 is 23.1. The van der Waals surface area contributed by atoms with Crippen molar-refractivity contribution in [1.82, 2.24) is 4.90 Å². The van der Waals surface area contributed by atoms with E-state index in [1.54, 1.807) is 20.8 Å². The third-order valence-corrected chi connectivity index (χ3v) is 2.62. The SMILES string of the molecule is COC(=O)CC1CC(F)CN1C(=O)OC(C)(C)C. The molecule has 2 atom stereocenters. The Hall–Kier alpha value is -1.33. The first-order valence-electron chi connectivity index (χ1n) is 5.93. The maximum atomic E-state index is 13.4. The number of amides is 1. The van der Waals surface area contributed by atoms with Crippen LogP contribution in [0.4, 0.5) is 9.18 Å². The predicted octanol–water partition coefficient (Wildman–Crippen LogP) is 1.90. The molecule has 2 unspecified atom stereocenters. The quantitative estimate of drug-likeness (QED) is 0.712. The molecule has 1 amide bonds. The highest BCUT2D eigenvalue weighted by atomic mass is 19.1. The average Bonchev–Trinajstić information content (AvgIpc) is 2.56. The molecule has 0 aliphatic carbocycles. The molecule has 6 heteroatoms. The lowest BCUT2D eigenvalue weighted by molar-refractivity contribution is -0.141.